The second-order valence-electron chi connectivity index (χ2n) is 4.31. The van der Waals surface area contributed by atoms with Crippen molar-refractivity contribution in [1.29, 1.82) is 0 Å². The summed E-state index contributed by atoms with van der Waals surface area (Å²) in [6.45, 7) is 5.22. The van der Waals surface area contributed by atoms with Crippen LogP contribution in [0.1, 0.15) is 26.2 Å². The molecule has 20 heavy (non-hydrogen) atoms. The highest BCUT2D eigenvalue weighted by Crippen LogP contribution is 1.90. The van der Waals surface area contributed by atoms with Gasteiger partial charge in [0.05, 0.1) is 13.1 Å². The Balaban J connectivity index is 0.000000621. The van der Waals surface area contributed by atoms with Crippen LogP contribution in [0.15, 0.2) is 18.7 Å². The van der Waals surface area contributed by atoms with E-state index in [4.69, 9.17) is 9.47 Å². The van der Waals surface area contributed by atoms with Crippen molar-refractivity contribution < 1.29 is 23.9 Å². The van der Waals surface area contributed by atoms with Crippen LogP contribution in [0.4, 0.5) is 0 Å². The predicted molar refractivity (Wildman–Crippen MR) is 72.9 cm³/mol. The van der Waals surface area contributed by atoms with Gasteiger partial charge in [-0.05, 0) is 6.42 Å². The molecule has 0 spiro atoms. The molecule has 1 aromatic rings. The zero-order valence-electron chi connectivity index (χ0n) is 12.7. The molecular weight excluding hydrogens is 260 g/mol. The summed E-state index contributed by atoms with van der Waals surface area (Å²) in [4.78, 5) is 9.26. The van der Waals surface area contributed by atoms with Crippen molar-refractivity contribution in [3.05, 3.63) is 18.7 Å². The van der Waals surface area contributed by atoms with Gasteiger partial charge in [-0.15, -0.1) is 0 Å². The van der Waals surface area contributed by atoms with E-state index in [1.54, 1.807) is 14.2 Å². The molecule has 0 aliphatic rings. The van der Waals surface area contributed by atoms with Crippen molar-refractivity contribution in [2.24, 2.45) is 0 Å². The number of nitrogens with zero attached hydrogens (tertiary/aromatic N) is 2. The third kappa shape index (κ3) is 10.5. The average Bonchev–Trinajstić information content (AvgIpc) is 2.88. The largest absolute Gasteiger partial charge is 0.550 e. The summed E-state index contributed by atoms with van der Waals surface area (Å²) in [6, 6.07) is 0. The number of carbonyl (C=O) groups is 1. The van der Waals surface area contributed by atoms with E-state index in [9.17, 15) is 9.90 Å². The normalized spacial score (nSPS) is 9.95. The summed E-state index contributed by atoms with van der Waals surface area (Å²) >= 11 is 0. The molecule has 0 atom stereocenters. The first-order valence-corrected chi connectivity index (χ1v) is 6.86. The van der Waals surface area contributed by atoms with Gasteiger partial charge in [0, 0.05) is 46.2 Å². The van der Waals surface area contributed by atoms with Crippen LogP contribution in [0, 0.1) is 0 Å². The van der Waals surface area contributed by atoms with Crippen LogP contribution in [0.5, 0.6) is 0 Å². The Bertz CT molecular complexity index is 328. The van der Waals surface area contributed by atoms with Crippen LogP contribution in [-0.4, -0.2) is 38.0 Å². The van der Waals surface area contributed by atoms with Crippen LogP contribution in [0.3, 0.4) is 0 Å². The molecule has 6 nitrogen and oxygen atoms in total. The Morgan fingerprint density at radius 1 is 1.25 bits per heavy atom. The van der Waals surface area contributed by atoms with Crippen molar-refractivity contribution in [1.82, 2.24) is 4.57 Å². The second kappa shape index (κ2) is 12.6. The lowest BCUT2D eigenvalue weighted by Crippen LogP contribution is -2.31. The highest BCUT2D eigenvalue weighted by atomic mass is 16.5. The maximum Gasteiger partial charge on any atom is 0.243 e. The van der Waals surface area contributed by atoms with Gasteiger partial charge < -0.3 is 19.4 Å². The van der Waals surface area contributed by atoms with Crippen molar-refractivity contribution in [3.63, 3.8) is 0 Å². The van der Waals surface area contributed by atoms with E-state index in [2.05, 4.69) is 27.9 Å². The van der Waals surface area contributed by atoms with Gasteiger partial charge in [-0.3, -0.25) is 0 Å². The topological polar surface area (TPSA) is 67.4 Å². The molecule has 6 heteroatoms. The van der Waals surface area contributed by atoms with E-state index in [1.165, 1.54) is 6.92 Å². The lowest BCUT2D eigenvalue weighted by Gasteiger charge is -1.97. The molecule has 1 rings (SSSR count). The fourth-order valence-electron chi connectivity index (χ4n) is 1.49. The number of carbonyl (C=O) groups excluding carboxylic acids is 1. The summed E-state index contributed by atoms with van der Waals surface area (Å²) in [7, 11) is 3.47. The van der Waals surface area contributed by atoms with Gasteiger partial charge in [0.1, 0.15) is 12.4 Å². The molecule has 0 aliphatic carbocycles. The second-order valence-corrected chi connectivity index (χ2v) is 4.31. The summed E-state index contributed by atoms with van der Waals surface area (Å²) in [5, 5.41) is 9.26. The van der Waals surface area contributed by atoms with E-state index in [0.717, 1.165) is 39.1 Å². The first kappa shape index (κ1) is 18.6. The van der Waals surface area contributed by atoms with E-state index in [-0.39, 0.29) is 6.42 Å². The highest BCUT2D eigenvalue weighted by molar-refractivity contribution is 5.63. The van der Waals surface area contributed by atoms with Crippen LogP contribution in [-0.2, 0) is 27.4 Å². The van der Waals surface area contributed by atoms with E-state index in [1.807, 2.05) is 0 Å². The van der Waals surface area contributed by atoms with E-state index >= 15 is 0 Å². The average molecular weight is 286 g/mol. The molecule has 0 aromatic carbocycles. The molecule has 0 radical (unpaired) electrons. The van der Waals surface area contributed by atoms with Gasteiger partial charge in [0.2, 0.25) is 6.33 Å². The molecule has 0 aliphatic heterocycles. The number of rotatable bonds is 9. The number of carboxylic acid groups (broad SMARTS) is 1. The van der Waals surface area contributed by atoms with Gasteiger partial charge in [0.25, 0.3) is 0 Å². The minimum Gasteiger partial charge on any atom is -0.550 e. The number of methoxy groups -OCH3 is 2. The number of hydrogen-bond donors (Lipinski definition) is 0. The van der Waals surface area contributed by atoms with Gasteiger partial charge in [-0.2, -0.15) is 0 Å². The lowest BCUT2D eigenvalue weighted by molar-refractivity contribution is -0.697. The Hall–Kier alpha value is -1.40. The third-order valence-electron chi connectivity index (χ3n) is 2.56. The first-order valence-electron chi connectivity index (χ1n) is 6.86. The van der Waals surface area contributed by atoms with Gasteiger partial charge in [-0.25, -0.2) is 9.13 Å². The minimum atomic E-state index is -0.995. The quantitative estimate of drug-likeness (QED) is 0.473. The summed E-state index contributed by atoms with van der Waals surface area (Å²) < 4.78 is 14.4. The maximum absolute atomic E-state index is 9.26. The number of aryl methyl sites for hydroxylation is 2. The molecule has 1 aromatic heterocycles. The van der Waals surface area contributed by atoms with Crippen molar-refractivity contribution in [2.45, 2.75) is 39.3 Å². The highest BCUT2D eigenvalue weighted by Gasteiger charge is 2.02. The molecule has 116 valence electrons. The number of carboxylic acids is 1. The molecule has 0 fully saturated rings. The fraction of sp³-hybridized carbons (Fsp3) is 0.714. The number of aromatic nitrogens is 2. The van der Waals surface area contributed by atoms with Crippen LogP contribution >= 0.6 is 0 Å². The zero-order chi connectivity index (χ0) is 15.2. The number of hydrogen-bond acceptors (Lipinski definition) is 4. The first-order chi connectivity index (χ1) is 9.63. The number of ether oxygens (including phenoxy) is 2. The molecule has 0 unspecified atom stereocenters. The molecule has 0 amide bonds. The number of imidazole rings is 1. The van der Waals surface area contributed by atoms with Gasteiger partial charge in [0.15, 0.2) is 0 Å². The van der Waals surface area contributed by atoms with Gasteiger partial charge >= 0.3 is 0 Å². The van der Waals surface area contributed by atoms with E-state index in [0.29, 0.717) is 0 Å². The summed E-state index contributed by atoms with van der Waals surface area (Å²) in [5.41, 5.74) is 0. The fourth-order valence-corrected chi connectivity index (χ4v) is 1.49. The van der Waals surface area contributed by atoms with Crippen molar-refractivity contribution in [2.75, 3.05) is 27.4 Å². The predicted octanol–water partition coefficient (Wildman–Crippen LogP) is -0.00510. The monoisotopic (exact) mass is 286 g/mol. The Morgan fingerprint density at radius 3 is 2.40 bits per heavy atom. The standard InChI is InChI=1S/C11H21N2O2.C3H6O2/c1-14-9-3-5-12-7-8-13(11-12)6-4-10-15-2;1-2-3(4)5/h7-8,11H,3-6,9-10H2,1-2H3;2H2,1H3,(H,4,5)/q+1;/p-1. The van der Waals surface area contributed by atoms with Crippen LogP contribution < -0.4 is 9.67 Å². The third-order valence-corrected chi connectivity index (χ3v) is 2.56. The molecule has 0 bridgehead atoms. The van der Waals surface area contributed by atoms with E-state index < -0.39 is 5.97 Å². The Labute approximate surface area is 120 Å². The molecule has 0 N–H and O–H groups in total. The number of aliphatic carboxylic acids is 1. The van der Waals surface area contributed by atoms with Crippen LogP contribution in [0.25, 0.3) is 0 Å². The summed E-state index contributed by atoms with van der Waals surface area (Å²) in [6.07, 6.45) is 8.56. The van der Waals surface area contributed by atoms with Gasteiger partial charge in [-0.1, -0.05) is 6.92 Å². The Kier molecular flexibility index (Phi) is 11.7. The summed E-state index contributed by atoms with van der Waals surface area (Å²) in [5.74, 6) is -0.995. The maximum atomic E-state index is 9.26. The molecule has 1 heterocycles. The molecular formula is C14H26N2O4. The minimum absolute atomic E-state index is 0.111. The SMILES string of the molecule is CCC(=O)[O-].COCCCn1cc[n+](CCCOC)c1. The molecule has 0 saturated heterocycles. The lowest BCUT2D eigenvalue weighted by atomic mass is 10.4. The Morgan fingerprint density at radius 2 is 1.85 bits per heavy atom. The van der Waals surface area contributed by atoms with Crippen LogP contribution in [0.2, 0.25) is 0 Å². The zero-order valence-corrected chi connectivity index (χ0v) is 12.7. The van der Waals surface area contributed by atoms with Crippen molar-refractivity contribution >= 4 is 5.97 Å². The van der Waals surface area contributed by atoms with Crippen molar-refractivity contribution in [3.8, 4) is 0 Å². The smallest absolute Gasteiger partial charge is 0.243 e. The molecule has 0 saturated carbocycles.